The van der Waals surface area contributed by atoms with E-state index >= 15 is 0 Å². The van der Waals surface area contributed by atoms with Gasteiger partial charge in [-0.25, -0.2) is 8.42 Å². The fourth-order valence-electron chi connectivity index (χ4n) is 3.95. The van der Waals surface area contributed by atoms with E-state index in [0.717, 1.165) is 29.0 Å². The summed E-state index contributed by atoms with van der Waals surface area (Å²) in [7, 11) is -2.80. The first-order valence-electron chi connectivity index (χ1n) is 11.7. The van der Waals surface area contributed by atoms with Crippen LogP contribution in [0.3, 0.4) is 0 Å². The molecule has 9 nitrogen and oxygen atoms in total. The highest BCUT2D eigenvalue weighted by atomic mass is 35.5. The normalized spacial score (nSPS) is 12.5. The summed E-state index contributed by atoms with van der Waals surface area (Å²) in [4.78, 5) is 13.0. The van der Waals surface area contributed by atoms with E-state index in [1.807, 2.05) is 6.92 Å². The number of aryl methyl sites for hydroxylation is 1. The van der Waals surface area contributed by atoms with Gasteiger partial charge in [0, 0.05) is 31.8 Å². The second-order valence-electron chi connectivity index (χ2n) is 9.62. The van der Waals surface area contributed by atoms with Gasteiger partial charge in [-0.15, -0.1) is 0 Å². The van der Waals surface area contributed by atoms with E-state index in [9.17, 15) is 23.6 Å². The molecule has 0 fully saturated rings. The molecule has 0 saturated heterocycles. The van der Waals surface area contributed by atoms with Gasteiger partial charge in [0.1, 0.15) is 11.4 Å². The Bertz CT molecular complexity index is 1080. The van der Waals surface area contributed by atoms with Crippen molar-refractivity contribution >= 4 is 21.4 Å². The minimum atomic E-state index is -4.17. The van der Waals surface area contributed by atoms with E-state index in [1.54, 1.807) is 12.1 Å². The number of nitro benzene ring substituents is 1. The van der Waals surface area contributed by atoms with E-state index in [-0.39, 0.29) is 47.5 Å². The lowest BCUT2D eigenvalue weighted by Crippen LogP contribution is -3.00. The number of aliphatic hydroxyl groups excluding tert-OH is 1. The molecular weight excluding hydrogens is 506 g/mol. The zero-order chi connectivity index (χ0) is 26.3. The summed E-state index contributed by atoms with van der Waals surface area (Å²) in [5, 5.41) is 22.5. The van der Waals surface area contributed by atoms with Crippen LogP contribution in [0.1, 0.15) is 33.3 Å². The highest BCUT2D eigenvalue weighted by Crippen LogP contribution is 2.36. The molecule has 0 aromatic heterocycles. The highest BCUT2D eigenvalue weighted by Gasteiger charge is 2.31. The molecule has 2 rings (SSSR count). The van der Waals surface area contributed by atoms with Gasteiger partial charge in [0.25, 0.3) is 15.7 Å². The second-order valence-corrected chi connectivity index (χ2v) is 11.5. The van der Waals surface area contributed by atoms with Gasteiger partial charge in [0.05, 0.1) is 29.6 Å². The van der Waals surface area contributed by atoms with E-state index in [4.69, 9.17) is 4.74 Å². The number of methoxy groups -OCH3 is 1. The van der Waals surface area contributed by atoms with Crippen molar-refractivity contribution in [2.24, 2.45) is 11.8 Å². The first-order valence-corrected chi connectivity index (χ1v) is 13.1. The molecule has 0 amide bonds. The van der Waals surface area contributed by atoms with Gasteiger partial charge < -0.3 is 27.2 Å². The van der Waals surface area contributed by atoms with Crippen LogP contribution in [0, 0.1) is 28.9 Å². The molecule has 0 aliphatic heterocycles. The van der Waals surface area contributed by atoms with Gasteiger partial charge in [0.2, 0.25) is 0 Å². The van der Waals surface area contributed by atoms with E-state index in [0.29, 0.717) is 11.8 Å². The Hall–Kier alpha value is -2.40. The van der Waals surface area contributed by atoms with Crippen LogP contribution in [0.5, 0.6) is 5.75 Å². The molecule has 0 spiro atoms. The first kappa shape index (κ1) is 31.6. The molecule has 36 heavy (non-hydrogen) atoms. The second kappa shape index (κ2) is 13.8. The minimum absolute atomic E-state index is 0. The lowest BCUT2D eigenvalue weighted by Gasteiger charge is -2.32. The van der Waals surface area contributed by atoms with Crippen molar-refractivity contribution in [3.8, 4) is 5.75 Å². The number of nitrogens with zero attached hydrogens (tertiary/aromatic N) is 3. The summed E-state index contributed by atoms with van der Waals surface area (Å²) in [5.41, 5.74) is 0.614. The number of hydrogen-bond acceptors (Lipinski definition) is 7. The van der Waals surface area contributed by atoms with Gasteiger partial charge >= 0.3 is 0 Å². The van der Waals surface area contributed by atoms with Crippen LogP contribution in [-0.4, -0.2) is 62.7 Å². The minimum Gasteiger partial charge on any atom is -1.00 e. The van der Waals surface area contributed by atoms with Crippen LogP contribution in [-0.2, 0) is 10.0 Å². The predicted molar refractivity (Wildman–Crippen MR) is 137 cm³/mol. The number of ether oxygens (including phenoxy) is 1. The molecule has 2 aromatic carbocycles. The molecule has 0 aliphatic rings. The van der Waals surface area contributed by atoms with Crippen molar-refractivity contribution < 1.29 is 35.6 Å². The Labute approximate surface area is 220 Å². The first-order chi connectivity index (χ1) is 16.3. The largest absolute Gasteiger partial charge is 1.00 e. The van der Waals surface area contributed by atoms with Gasteiger partial charge in [-0.05, 0) is 37.0 Å². The Kier molecular flexibility index (Phi) is 12.1. The van der Waals surface area contributed by atoms with Gasteiger partial charge in [-0.2, -0.15) is 0 Å². The van der Waals surface area contributed by atoms with Crippen LogP contribution in [0.4, 0.5) is 11.4 Å². The third-order valence-corrected chi connectivity index (χ3v) is 7.14. The smallest absolute Gasteiger partial charge is 0.271 e. The van der Waals surface area contributed by atoms with Crippen molar-refractivity contribution in [1.82, 2.24) is 4.90 Å². The molecule has 0 heterocycles. The number of sulfonamides is 1. The maximum atomic E-state index is 13.7. The number of non-ortho nitro benzene ring substituents is 1. The van der Waals surface area contributed by atoms with Gasteiger partial charge in [-0.3, -0.25) is 14.4 Å². The molecule has 202 valence electrons. The van der Waals surface area contributed by atoms with Crippen molar-refractivity contribution in [3.05, 3.63) is 58.1 Å². The molecule has 1 atom stereocenters. The van der Waals surface area contributed by atoms with E-state index in [2.05, 4.69) is 32.6 Å². The van der Waals surface area contributed by atoms with Crippen LogP contribution < -0.4 is 21.4 Å². The summed E-state index contributed by atoms with van der Waals surface area (Å²) < 4.78 is 33.9. The number of benzene rings is 2. The van der Waals surface area contributed by atoms with Crippen molar-refractivity contribution in [3.63, 3.8) is 0 Å². The third-order valence-electron chi connectivity index (χ3n) is 5.34. The maximum Gasteiger partial charge on any atom is 0.271 e. The average molecular weight is 543 g/mol. The monoisotopic (exact) mass is 542 g/mol. The highest BCUT2D eigenvalue weighted by molar-refractivity contribution is 7.92. The standard InChI is InChI=1S/C25H37N3O6S.ClH/c1-18(2)14-26(15-19(3)4)16-22(29)17-27(35(32,33)23-10-7-20(5)8-11-23)24-13-21(28(30)31)9-12-25(24)34-6;/h7-13,18-19,22,29H,14-17H2,1-6H3;1H/p-1. The molecule has 11 heteroatoms. The van der Waals surface area contributed by atoms with Crippen molar-refractivity contribution in [2.75, 3.05) is 37.6 Å². The number of halogens is 1. The van der Waals surface area contributed by atoms with Crippen LogP contribution >= 0.6 is 0 Å². The molecule has 0 bridgehead atoms. The molecular formula is C25H37ClN3O6S-. The lowest BCUT2D eigenvalue weighted by atomic mass is 10.1. The van der Waals surface area contributed by atoms with E-state index in [1.165, 1.54) is 31.4 Å². The predicted octanol–water partition coefficient (Wildman–Crippen LogP) is 1.09. The van der Waals surface area contributed by atoms with E-state index < -0.39 is 21.1 Å². The molecule has 2 aromatic rings. The Morgan fingerprint density at radius 2 is 1.53 bits per heavy atom. The maximum absolute atomic E-state index is 13.7. The number of hydrogen-bond donors (Lipinski definition) is 1. The quantitative estimate of drug-likeness (QED) is 0.298. The number of anilines is 1. The molecule has 1 unspecified atom stereocenters. The molecule has 0 radical (unpaired) electrons. The van der Waals surface area contributed by atoms with Gasteiger partial charge in [0.15, 0.2) is 0 Å². The summed E-state index contributed by atoms with van der Waals surface area (Å²) in [6, 6.07) is 10.1. The Morgan fingerprint density at radius 3 is 2.00 bits per heavy atom. The Morgan fingerprint density at radius 1 is 0.972 bits per heavy atom. The number of nitro groups is 1. The Balaban J connectivity index is 0.00000648. The molecule has 0 aliphatic carbocycles. The van der Waals surface area contributed by atoms with Crippen LogP contribution in [0.15, 0.2) is 47.4 Å². The lowest BCUT2D eigenvalue weighted by molar-refractivity contribution is -0.384. The summed E-state index contributed by atoms with van der Waals surface area (Å²) in [5.74, 6) is 0.884. The summed E-state index contributed by atoms with van der Waals surface area (Å²) in [6.07, 6.45) is -1.04. The molecule has 1 N–H and O–H groups in total. The number of rotatable bonds is 13. The number of aliphatic hydroxyl groups is 1. The van der Waals surface area contributed by atoms with Crippen molar-refractivity contribution in [2.45, 2.75) is 45.6 Å². The zero-order valence-corrected chi connectivity index (χ0v) is 23.3. The SMILES string of the molecule is COc1ccc([N+](=O)[O-])cc1N(CC(O)CN(CC(C)C)CC(C)C)S(=O)(=O)c1ccc(C)cc1.[Cl-]. The topological polar surface area (TPSA) is 113 Å². The zero-order valence-electron chi connectivity index (χ0n) is 21.7. The van der Waals surface area contributed by atoms with Crippen LogP contribution in [0.25, 0.3) is 0 Å². The third kappa shape index (κ3) is 8.62. The fraction of sp³-hybridized carbons (Fsp3) is 0.520. The summed E-state index contributed by atoms with van der Waals surface area (Å²) in [6.45, 7) is 11.7. The fourth-order valence-corrected chi connectivity index (χ4v) is 5.46. The van der Waals surface area contributed by atoms with Crippen LogP contribution in [0.2, 0.25) is 0 Å². The summed E-state index contributed by atoms with van der Waals surface area (Å²) >= 11 is 0. The van der Waals surface area contributed by atoms with Gasteiger partial charge in [-0.1, -0.05) is 45.4 Å². The average Bonchev–Trinajstić information content (AvgIpc) is 2.76. The molecule has 0 saturated carbocycles. The van der Waals surface area contributed by atoms with Crippen molar-refractivity contribution in [1.29, 1.82) is 0 Å².